The van der Waals surface area contributed by atoms with Crippen LogP contribution in [0, 0.1) is 6.92 Å². The molecule has 0 atom stereocenters. The third-order valence-corrected chi connectivity index (χ3v) is 3.30. The highest BCUT2D eigenvalue weighted by molar-refractivity contribution is 5.97. The minimum absolute atomic E-state index is 0.0253. The van der Waals surface area contributed by atoms with Gasteiger partial charge in [0.2, 0.25) is 0 Å². The molecule has 3 aromatic rings. The Balaban J connectivity index is 1.79. The summed E-state index contributed by atoms with van der Waals surface area (Å²) < 4.78 is 5.69. The van der Waals surface area contributed by atoms with Gasteiger partial charge in [0, 0.05) is 17.1 Å². The van der Waals surface area contributed by atoms with Crippen molar-refractivity contribution in [1.29, 1.82) is 0 Å². The van der Waals surface area contributed by atoms with Gasteiger partial charge >= 0.3 is 0 Å². The molecule has 0 amide bonds. The van der Waals surface area contributed by atoms with E-state index in [2.05, 4.69) is 4.98 Å². The topological polar surface area (TPSA) is 39.2 Å². The van der Waals surface area contributed by atoms with Gasteiger partial charge in [-0.05, 0) is 37.3 Å². The number of benzene rings is 2. The quantitative estimate of drug-likeness (QED) is 0.681. The van der Waals surface area contributed by atoms with Gasteiger partial charge in [-0.3, -0.25) is 9.78 Å². The molecule has 0 bridgehead atoms. The first-order valence-corrected chi connectivity index (χ1v) is 6.80. The van der Waals surface area contributed by atoms with Crippen LogP contribution in [0.5, 0.6) is 5.75 Å². The maximum absolute atomic E-state index is 12.2. The maximum atomic E-state index is 12.2. The van der Waals surface area contributed by atoms with Crippen molar-refractivity contribution in [2.45, 2.75) is 6.92 Å². The predicted octanol–water partition coefficient (Wildman–Crippen LogP) is 3.80. The summed E-state index contributed by atoms with van der Waals surface area (Å²) in [4.78, 5) is 16.4. The van der Waals surface area contributed by atoms with Crippen LogP contribution in [0.1, 0.15) is 15.9 Å². The fourth-order valence-corrected chi connectivity index (χ4v) is 2.25. The summed E-state index contributed by atoms with van der Waals surface area (Å²) in [7, 11) is 0. The standard InChI is InChI=1S/C18H15NO2/c1-13-5-2-6-14(11-13)17(20)12-21-18-9-3-8-16-15(18)7-4-10-19-16/h2-11H,12H2,1H3. The third kappa shape index (κ3) is 2.92. The zero-order valence-corrected chi connectivity index (χ0v) is 11.7. The summed E-state index contributed by atoms with van der Waals surface area (Å²) in [6.45, 7) is 1.99. The molecule has 1 aromatic heterocycles. The number of ketones is 1. The highest BCUT2D eigenvalue weighted by Crippen LogP contribution is 2.23. The van der Waals surface area contributed by atoms with Crippen molar-refractivity contribution in [3.8, 4) is 5.75 Å². The van der Waals surface area contributed by atoms with E-state index < -0.39 is 0 Å². The summed E-state index contributed by atoms with van der Waals surface area (Å²) in [6.07, 6.45) is 1.74. The normalized spacial score (nSPS) is 10.5. The number of aryl methyl sites for hydroxylation is 1. The lowest BCUT2D eigenvalue weighted by molar-refractivity contribution is 0.0922. The molecule has 0 radical (unpaired) electrons. The Morgan fingerprint density at radius 2 is 1.95 bits per heavy atom. The smallest absolute Gasteiger partial charge is 0.200 e. The van der Waals surface area contributed by atoms with Gasteiger partial charge in [0.1, 0.15) is 5.75 Å². The lowest BCUT2D eigenvalue weighted by atomic mass is 10.1. The van der Waals surface area contributed by atoms with Gasteiger partial charge in [-0.15, -0.1) is 0 Å². The second kappa shape index (κ2) is 5.75. The van der Waals surface area contributed by atoms with Crippen molar-refractivity contribution in [3.05, 3.63) is 71.9 Å². The predicted molar refractivity (Wildman–Crippen MR) is 82.7 cm³/mol. The van der Waals surface area contributed by atoms with Crippen LogP contribution in [0.4, 0.5) is 0 Å². The number of aromatic nitrogens is 1. The number of hydrogen-bond acceptors (Lipinski definition) is 3. The first-order chi connectivity index (χ1) is 10.2. The molecule has 0 fully saturated rings. The fraction of sp³-hybridized carbons (Fsp3) is 0.111. The molecule has 3 nitrogen and oxygen atoms in total. The SMILES string of the molecule is Cc1cccc(C(=O)COc2cccc3ncccc23)c1. The Kier molecular flexibility index (Phi) is 3.65. The monoisotopic (exact) mass is 277 g/mol. The van der Waals surface area contributed by atoms with E-state index in [9.17, 15) is 4.79 Å². The van der Waals surface area contributed by atoms with E-state index in [4.69, 9.17) is 4.74 Å². The van der Waals surface area contributed by atoms with Crippen molar-refractivity contribution in [2.24, 2.45) is 0 Å². The Labute approximate surface area is 123 Å². The van der Waals surface area contributed by atoms with Gasteiger partial charge in [-0.2, -0.15) is 0 Å². The first-order valence-electron chi connectivity index (χ1n) is 6.80. The number of carbonyl (C=O) groups excluding carboxylic acids is 1. The molecule has 3 heteroatoms. The highest BCUT2D eigenvalue weighted by Gasteiger charge is 2.08. The molecule has 2 aromatic carbocycles. The van der Waals surface area contributed by atoms with Gasteiger partial charge < -0.3 is 4.74 Å². The third-order valence-electron chi connectivity index (χ3n) is 3.30. The molecule has 0 aliphatic heterocycles. The molecule has 0 aliphatic rings. The summed E-state index contributed by atoms with van der Waals surface area (Å²) >= 11 is 0. The summed E-state index contributed by atoms with van der Waals surface area (Å²) in [5.74, 6) is 0.654. The van der Waals surface area contributed by atoms with Gasteiger partial charge in [0.25, 0.3) is 0 Å². The molecule has 3 rings (SSSR count). The molecule has 0 unspecified atom stereocenters. The molecule has 21 heavy (non-hydrogen) atoms. The molecule has 0 aliphatic carbocycles. The number of pyridine rings is 1. The maximum Gasteiger partial charge on any atom is 0.200 e. The lowest BCUT2D eigenvalue weighted by Gasteiger charge is -2.08. The van der Waals surface area contributed by atoms with Crippen LogP contribution < -0.4 is 4.74 Å². The van der Waals surface area contributed by atoms with Gasteiger partial charge in [0.15, 0.2) is 12.4 Å². The van der Waals surface area contributed by atoms with E-state index in [-0.39, 0.29) is 12.4 Å². The Morgan fingerprint density at radius 3 is 2.81 bits per heavy atom. The molecule has 1 heterocycles. The van der Waals surface area contributed by atoms with Crippen molar-refractivity contribution in [3.63, 3.8) is 0 Å². The van der Waals surface area contributed by atoms with Crippen LogP contribution in [0.25, 0.3) is 10.9 Å². The van der Waals surface area contributed by atoms with E-state index >= 15 is 0 Å². The van der Waals surface area contributed by atoms with Crippen LogP contribution in [0.15, 0.2) is 60.8 Å². The molecule has 0 saturated carbocycles. The number of ether oxygens (including phenoxy) is 1. The van der Waals surface area contributed by atoms with E-state index in [0.29, 0.717) is 11.3 Å². The Bertz CT molecular complexity index is 791. The summed E-state index contributed by atoms with van der Waals surface area (Å²) in [6, 6.07) is 17.0. The second-order valence-electron chi connectivity index (χ2n) is 4.91. The summed E-state index contributed by atoms with van der Waals surface area (Å²) in [5.41, 5.74) is 2.60. The average molecular weight is 277 g/mol. The van der Waals surface area contributed by atoms with Crippen LogP contribution in [-0.4, -0.2) is 17.4 Å². The van der Waals surface area contributed by atoms with Crippen LogP contribution >= 0.6 is 0 Å². The van der Waals surface area contributed by atoms with Crippen molar-refractivity contribution >= 4 is 16.7 Å². The molecular formula is C18H15NO2. The van der Waals surface area contributed by atoms with Crippen molar-refractivity contribution < 1.29 is 9.53 Å². The number of nitrogens with zero attached hydrogens (tertiary/aromatic N) is 1. The zero-order chi connectivity index (χ0) is 14.7. The zero-order valence-electron chi connectivity index (χ0n) is 11.7. The van der Waals surface area contributed by atoms with Crippen molar-refractivity contribution in [2.75, 3.05) is 6.61 Å². The van der Waals surface area contributed by atoms with E-state index in [1.165, 1.54) is 0 Å². The van der Waals surface area contributed by atoms with E-state index in [1.807, 2.05) is 61.5 Å². The minimum atomic E-state index is -0.0282. The van der Waals surface area contributed by atoms with Crippen LogP contribution in [0.3, 0.4) is 0 Å². The second-order valence-corrected chi connectivity index (χ2v) is 4.91. The molecule has 0 spiro atoms. The molecular weight excluding hydrogens is 262 g/mol. The van der Waals surface area contributed by atoms with Gasteiger partial charge in [-0.25, -0.2) is 0 Å². The van der Waals surface area contributed by atoms with Gasteiger partial charge in [-0.1, -0.05) is 29.8 Å². The van der Waals surface area contributed by atoms with Gasteiger partial charge in [0.05, 0.1) is 5.52 Å². The Hall–Kier alpha value is -2.68. The number of Topliss-reactive ketones (excluding diaryl/α,β-unsaturated/α-hetero) is 1. The number of carbonyl (C=O) groups is 1. The van der Waals surface area contributed by atoms with E-state index in [1.54, 1.807) is 6.20 Å². The first kappa shape index (κ1) is 13.3. The molecule has 104 valence electrons. The minimum Gasteiger partial charge on any atom is -0.485 e. The summed E-state index contributed by atoms with van der Waals surface area (Å²) in [5, 5.41) is 0.914. The lowest BCUT2D eigenvalue weighted by Crippen LogP contribution is -2.11. The molecule has 0 saturated heterocycles. The number of hydrogen-bond donors (Lipinski definition) is 0. The highest BCUT2D eigenvalue weighted by atomic mass is 16.5. The number of rotatable bonds is 4. The van der Waals surface area contributed by atoms with Crippen LogP contribution in [-0.2, 0) is 0 Å². The average Bonchev–Trinajstić information content (AvgIpc) is 2.52. The van der Waals surface area contributed by atoms with Crippen molar-refractivity contribution in [1.82, 2.24) is 4.98 Å². The molecule has 0 N–H and O–H groups in total. The number of fused-ring (bicyclic) bond motifs is 1. The van der Waals surface area contributed by atoms with Crippen LogP contribution in [0.2, 0.25) is 0 Å². The fourth-order valence-electron chi connectivity index (χ4n) is 2.25. The Morgan fingerprint density at radius 1 is 1.10 bits per heavy atom. The largest absolute Gasteiger partial charge is 0.485 e. The van der Waals surface area contributed by atoms with E-state index in [0.717, 1.165) is 16.5 Å².